The van der Waals surface area contributed by atoms with E-state index in [1.807, 2.05) is 4.90 Å². The zero-order chi connectivity index (χ0) is 17.0. The van der Waals surface area contributed by atoms with Crippen molar-refractivity contribution in [1.82, 2.24) is 9.21 Å². The van der Waals surface area contributed by atoms with E-state index in [9.17, 15) is 13.5 Å². The highest BCUT2D eigenvalue weighted by Crippen LogP contribution is 2.20. The number of anilines is 1. The van der Waals surface area contributed by atoms with Crippen molar-refractivity contribution in [3.63, 3.8) is 0 Å². The zero-order valence-electron chi connectivity index (χ0n) is 13.4. The number of nitrogens with one attached hydrogen (secondary N) is 1. The number of aliphatic hydroxyl groups is 1. The fourth-order valence-electron chi connectivity index (χ4n) is 2.55. The van der Waals surface area contributed by atoms with Gasteiger partial charge < -0.3 is 15.3 Å². The van der Waals surface area contributed by atoms with Crippen molar-refractivity contribution in [2.75, 3.05) is 39.1 Å². The maximum atomic E-state index is 12.2. The van der Waals surface area contributed by atoms with Crippen LogP contribution in [0.15, 0.2) is 29.2 Å². The third kappa shape index (κ3) is 4.41. The second-order valence-corrected chi connectivity index (χ2v) is 8.42. The van der Waals surface area contributed by atoms with Crippen LogP contribution in [0.2, 0.25) is 0 Å². The number of piperidine rings is 1. The minimum atomic E-state index is -3.47. The molecule has 0 saturated carbocycles. The second-order valence-electron chi connectivity index (χ2n) is 5.88. The number of rotatable bonds is 4. The molecule has 8 heteroatoms. The molecule has 0 bridgehead atoms. The van der Waals surface area contributed by atoms with Gasteiger partial charge >= 0.3 is 0 Å². The number of hydrogen-bond acceptors (Lipinski definition) is 4. The van der Waals surface area contributed by atoms with Gasteiger partial charge in [0.15, 0.2) is 5.11 Å². The molecule has 1 aromatic rings. The Hall–Kier alpha value is -1.22. The van der Waals surface area contributed by atoms with Crippen molar-refractivity contribution in [3.8, 4) is 0 Å². The van der Waals surface area contributed by atoms with E-state index in [2.05, 4.69) is 5.32 Å². The summed E-state index contributed by atoms with van der Waals surface area (Å²) in [7, 11) is -0.464. The first-order valence-electron chi connectivity index (χ1n) is 7.54. The Kier molecular flexibility index (Phi) is 5.96. The number of thiocarbonyl (C=S) groups is 1. The Bertz CT molecular complexity index is 662. The van der Waals surface area contributed by atoms with Crippen LogP contribution in [0.4, 0.5) is 5.69 Å². The number of nitrogens with zero attached hydrogens (tertiary/aromatic N) is 2. The highest BCUT2D eigenvalue weighted by molar-refractivity contribution is 7.89. The van der Waals surface area contributed by atoms with E-state index in [-0.39, 0.29) is 17.4 Å². The van der Waals surface area contributed by atoms with Crippen LogP contribution in [0.3, 0.4) is 0 Å². The van der Waals surface area contributed by atoms with Crippen LogP contribution in [0.1, 0.15) is 12.8 Å². The second kappa shape index (κ2) is 7.57. The largest absolute Gasteiger partial charge is 0.396 e. The summed E-state index contributed by atoms with van der Waals surface area (Å²) >= 11 is 5.42. The molecule has 1 heterocycles. The molecule has 1 unspecified atom stereocenters. The quantitative estimate of drug-likeness (QED) is 0.793. The Balaban J connectivity index is 2.10. The molecule has 0 spiro atoms. The van der Waals surface area contributed by atoms with E-state index in [0.29, 0.717) is 10.8 Å². The number of aliphatic hydroxyl groups excluding tert-OH is 1. The highest BCUT2D eigenvalue weighted by Gasteiger charge is 2.22. The van der Waals surface area contributed by atoms with Crippen LogP contribution in [-0.4, -0.2) is 61.6 Å². The maximum Gasteiger partial charge on any atom is 0.242 e. The van der Waals surface area contributed by atoms with Crippen LogP contribution >= 0.6 is 12.2 Å². The molecule has 128 valence electrons. The topological polar surface area (TPSA) is 72.9 Å². The molecule has 23 heavy (non-hydrogen) atoms. The fraction of sp³-hybridized carbons (Fsp3) is 0.533. The lowest BCUT2D eigenvalue weighted by Crippen LogP contribution is -2.43. The Morgan fingerprint density at radius 1 is 1.48 bits per heavy atom. The Morgan fingerprint density at radius 2 is 2.22 bits per heavy atom. The lowest BCUT2D eigenvalue weighted by atomic mass is 9.99. The van der Waals surface area contributed by atoms with Crippen molar-refractivity contribution >= 4 is 33.0 Å². The van der Waals surface area contributed by atoms with Crippen molar-refractivity contribution < 1.29 is 13.5 Å². The highest BCUT2D eigenvalue weighted by atomic mass is 32.2. The lowest BCUT2D eigenvalue weighted by Gasteiger charge is -2.33. The number of hydrogen-bond donors (Lipinski definition) is 2. The van der Waals surface area contributed by atoms with E-state index < -0.39 is 10.0 Å². The van der Waals surface area contributed by atoms with Gasteiger partial charge in [-0.2, -0.15) is 0 Å². The summed E-state index contributed by atoms with van der Waals surface area (Å²) in [5.74, 6) is 0.240. The summed E-state index contributed by atoms with van der Waals surface area (Å²) in [6.07, 6.45) is 1.99. The molecule has 1 atom stereocenters. The maximum absolute atomic E-state index is 12.2. The average molecular weight is 358 g/mol. The van der Waals surface area contributed by atoms with Crippen LogP contribution in [0.25, 0.3) is 0 Å². The molecule has 1 aromatic carbocycles. The third-order valence-electron chi connectivity index (χ3n) is 3.93. The summed E-state index contributed by atoms with van der Waals surface area (Å²) in [6.45, 7) is 1.73. The lowest BCUT2D eigenvalue weighted by molar-refractivity contribution is 0.162. The van der Waals surface area contributed by atoms with Gasteiger partial charge in [-0.15, -0.1) is 0 Å². The predicted molar refractivity (Wildman–Crippen MR) is 94.9 cm³/mol. The summed E-state index contributed by atoms with van der Waals surface area (Å²) in [5.41, 5.74) is 0.643. The van der Waals surface area contributed by atoms with Gasteiger partial charge in [0.2, 0.25) is 10.0 Å². The first kappa shape index (κ1) is 18.1. The summed E-state index contributed by atoms with van der Waals surface area (Å²) in [5, 5.41) is 13.0. The molecule has 1 saturated heterocycles. The van der Waals surface area contributed by atoms with Gasteiger partial charge in [0.05, 0.1) is 4.90 Å². The standard InChI is InChI=1S/C15H23N3O3S2/c1-17(2)23(20,21)14-7-3-6-13(9-14)16-15(22)18-8-4-5-12(10-18)11-19/h3,6-7,9,12,19H,4-5,8,10-11H2,1-2H3,(H,16,22). The van der Waals surface area contributed by atoms with Crippen molar-refractivity contribution in [2.45, 2.75) is 17.7 Å². The van der Waals surface area contributed by atoms with Gasteiger partial charge in [-0.05, 0) is 49.2 Å². The van der Waals surface area contributed by atoms with Crippen LogP contribution in [0.5, 0.6) is 0 Å². The van der Waals surface area contributed by atoms with E-state index >= 15 is 0 Å². The minimum absolute atomic E-state index is 0.162. The van der Waals surface area contributed by atoms with Crippen molar-refractivity contribution in [3.05, 3.63) is 24.3 Å². The Morgan fingerprint density at radius 3 is 2.87 bits per heavy atom. The fourth-order valence-corrected chi connectivity index (χ4v) is 3.78. The van der Waals surface area contributed by atoms with Crippen LogP contribution < -0.4 is 5.32 Å². The van der Waals surface area contributed by atoms with Crippen molar-refractivity contribution in [1.29, 1.82) is 0 Å². The molecule has 0 aromatic heterocycles. The van der Waals surface area contributed by atoms with Crippen molar-refractivity contribution in [2.24, 2.45) is 5.92 Å². The molecule has 0 aliphatic carbocycles. The summed E-state index contributed by atoms with van der Waals surface area (Å²) < 4.78 is 25.5. The summed E-state index contributed by atoms with van der Waals surface area (Å²) in [4.78, 5) is 2.24. The SMILES string of the molecule is CN(C)S(=O)(=O)c1cccc(NC(=S)N2CCCC(CO)C2)c1. The molecule has 0 amide bonds. The molecule has 1 aliphatic heterocycles. The Labute approximate surface area is 143 Å². The number of benzene rings is 1. The van der Waals surface area contributed by atoms with Gasteiger partial charge in [0.1, 0.15) is 0 Å². The first-order chi connectivity index (χ1) is 10.8. The first-order valence-corrected chi connectivity index (χ1v) is 9.39. The van der Waals surface area contributed by atoms with E-state index in [0.717, 1.165) is 25.9 Å². The van der Waals surface area contributed by atoms with Gasteiger partial charge in [0.25, 0.3) is 0 Å². The van der Waals surface area contributed by atoms with Gasteiger partial charge in [-0.25, -0.2) is 12.7 Å². The van der Waals surface area contributed by atoms with E-state index in [1.165, 1.54) is 18.4 Å². The van der Waals surface area contributed by atoms with Crippen LogP contribution in [-0.2, 0) is 10.0 Å². The molecule has 1 aliphatic rings. The third-order valence-corrected chi connectivity index (χ3v) is 6.10. The van der Waals surface area contributed by atoms with E-state index in [1.54, 1.807) is 24.3 Å². The average Bonchev–Trinajstić information content (AvgIpc) is 2.55. The minimum Gasteiger partial charge on any atom is -0.396 e. The van der Waals surface area contributed by atoms with E-state index in [4.69, 9.17) is 12.2 Å². The smallest absolute Gasteiger partial charge is 0.242 e. The molecule has 0 radical (unpaired) electrons. The molecule has 1 fully saturated rings. The molecule has 2 rings (SSSR count). The predicted octanol–water partition coefficient (Wildman–Crippen LogP) is 1.34. The van der Waals surface area contributed by atoms with Gasteiger partial charge in [0, 0.05) is 39.5 Å². The molecular weight excluding hydrogens is 334 g/mol. The van der Waals surface area contributed by atoms with Gasteiger partial charge in [-0.1, -0.05) is 6.07 Å². The number of sulfonamides is 1. The zero-order valence-corrected chi connectivity index (χ0v) is 15.0. The van der Waals surface area contributed by atoms with Crippen LogP contribution in [0, 0.1) is 5.92 Å². The normalized spacial score (nSPS) is 19.0. The molecule has 2 N–H and O–H groups in total. The monoisotopic (exact) mass is 357 g/mol. The number of likely N-dealkylation sites (tertiary alicyclic amines) is 1. The van der Waals surface area contributed by atoms with Gasteiger partial charge in [-0.3, -0.25) is 0 Å². The molecule has 6 nitrogen and oxygen atoms in total. The summed E-state index contributed by atoms with van der Waals surface area (Å²) in [6, 6.07) is 6.61. The molecular formula is C15H23N3O3S2.